The number of nitrogens with zero attached hydrogens (tertiary/aromatic N) is 2. The first-order chi connectivity index (χ1) is 11.9. The Bertz CT molecular complexity index is 765. The van der Waals surface area contributed by atoms with Crippen molar-refractivity contribution >= 4 is 28.7 Å². The van der Waals surface area contributed by atoms with Crippen LogP contribution in [0.15, 0.2) is 36.4 Å². The zero-order valence-electron chi connectivity index (χ0n) is 15.0. The number of nitrogens with one attached hydrogen (secondary N) is 1. The number of anilines is 2. The van der Waals surface area contributed by atoms with E-state index in [4.69, 9.17) is 12.2 Å². The van der Waals surface area contributed by atoms with E-state index in [1.54, 1.807) is 0 Å². The quantitative estimate of drug-likeness (QED) is 0.809. The molecule has 0 bridgehead atoms. The second-order valence-electron chi connectivity index (χ2n) is 6.63. The highest BCUT2D eigenvalue weighted by Gasteiger charge is 2.19. The Morgan fingerprint density at radius 3 is 2.16 bits per heavy atom. The molecule has 1 saturated heterocycles. The van der Waals surface area contributed by atoms with Gasteiger partial charge in [-0.05, 0) is 80.0 Å². The molecule has 0 amide bonds. The molecule has 2 aromatic carbocycles. The van der Waals surface area contributed by atoms with Crippen molar-refractivity contribution in [2.75, 3.05) is 36.4 Å². The summed E-state index contributed by atoms with van der Waals surface area (Å²) in [6.07, 6.45) is 0. The van der Waals surface area contributed by atoms with Crippen molar-refractivity contribution in [2.45, 2.75) is 20.8 Å². The summed E-state index contributed by atoms with van der Waals surface area (Å²) in [5.41, 5.74) is 5.90. The van der Waals surface area contributed by atoms with Crippen LogP contribution in [0, 0.1) is 26.6 Å². The van der Waals surface area contributed by atoms with Crippen LogP contribution in [0.3, 0.4) is 0 Å². The molecule has 0 unspecified atom stereocenters. The number of hydrogen-bond donors (Lipinski definition) is 1. The molecule has 132 valence electrons. The summed E-state index contributed by atoms with van der Waals surface area (Å²) in [6.45, 7) is 9.80. The number of hydrogen-bond acceptors (Lipinski definition) is 2. The Labute approximate surface area is 154 Å². The second kappa shape index (κ2) is 7.40. The smallest absolute Gasteiger partial charge is 0.173 e. The third-order valence-electron chi connectivity index (χ3n) is 4.84. The van der Waals surface area contributed by atoms with Gasteiger partial charge in [-0.2, -0.15) is 0 Å². The standard InChI is InChI=1S/C20H24FN3S/c1-14-12-16(3)19(13-15(14)2)22-20(25)24-10-8-23(9-11-24)18-6-4-17(21)5-7-18/h4-7,12-13H,8-11H2,1-3H3,(H,22,25). The van der Waals surface area contributed by atoms with Crippen LogP contribution >= 0.6 is 12.2 Å². The summed E-state index contributed by atoms with van der Waals surface area (Å²) in [4.78, 5) is 4.46. The van der Waals surface area contributed by atoms with E-state index in [1.807, 2.05) is 12.1 Å². The summed E-state index contributed by atoms with van der Waals surface area (Å²) in [5, 5.41) is 4.17. The first kappa shape index (κ1) is 17.7. The minimum atomic E-state index is -0.198. The molecule has 0 aromatic heterocycles. The topological polar surface area (TPSA) is 18.5 Å². The number of thiocarbonyl (C=S) groups is 1. The molecule has 0 radical (unpaired) electrons. The van der Waals surface area contributed by atoms with Crippen LogP contribution in [0.1, 0.15) is 16.7 Å². The van der Waals surface area contributed by atoms with Gasteiger partial charge in [0.15, 0.2) is 5.11 Å². The lowest BCUT2D eigenvalue weighted by atomic mass is 10.1. The van der Waals surface area contributed by atoms with Crippen LogP contribution in [-0.4, -0.2) is 36.2 Å². The van der Waals surface area contributed by atoms with Gasteiger partial charge in [0, 0.05) is 37.6 Å². The van der Waals surface area contributed by atoms with Gasteiger partial charge in [-0.25, -0.2) is 4.39 Å². The van der Waals surface area contributed by atoms with Crippen molar-refractivity contribution in [3.63, 3.8) is 0 Å². The van der Waals surface area contributed by atoms with Crippen LogP contribution < -0.4 is 10.2 Å². The molecular weight excluding hydrogens is 333 g/mol. The van der Waals surface area contributed by atoms with Gasteiger partial charge in [0.1, 0.15) is 5.82 Å². The third kappa shape index (κ3) is 4.10. The fourth-order valence-corrected chi connectivity index (χ4v) is 3.40. The number of piperazine rings is 1. The van der Waals surface area contributed by atoms with Gasteiger partial charge in [-0.15, -0.1) is 0 Å². The van der Waals surface area contributed by atoms with Crippen LogP contribution in [0.4, 0.5) is 15.8 Å². The maximum Gasteiger partial charge on any atom is 0.173 e. The highest BCUT2D eigenvalue weighted by Crippen LogP contribution is 2.21. The lowest BCUT2D eigenvalue weighted by Crippen LogP contribution is -2.50. The highest BCUT2D eigenvalue weighted by molar-refractivity contribution is 7.80. The van der Waals surface area contributed by atoms with E-state index in [9.17, 15) is 4.39 Å². The zero-order valence-corrected chi connectivity index (χ0v) is 15.8. The molecule has 1 aliphatic heterocycles. The molecule has 2 aromatic rings. The van der Waals surface area contributed by atoms with Crippen molar-refractivity contribution in [2.24, 2.45) is 0 Å². The monoisotopic (exact) mass is 357 g/mol. The Morgan fingerprint density at radius 2 is 1.52 bits per heavy atom. The minimum absolute atomic E-state index is 0.198. The maximum absolute atomic E-state index is 13.1. The fourth-order valence-electron chi connectivity index (χ4n) is 3.11. The first-order valence-corrected chi connectivity index (χ1v) is 8.99. The molecule has 25 heavy (non-hydrogen) atoms. The summed E-state index contributed by atoms with van der Waals surface area (Å²) in [5.74, 6) is -0.198. The summed E-state index contributed by atoms with van der Waals surface area (Å²) >= 11 is 5.61. The minimum Gasteiger partial charge on any atom is -0.368 e. The van der Waals surface area contributed by atoms with Crippen LogP contribution in [0.5, 0.6) is 0 Å². The fraction of sp³-hybridized carbons (Fsp3) is 0.350. The average molecular weight is 357 g/mol. The van der Waals surface area contributed by atoms with Crippen LogP contribution in [-0.2, 0) is 0 Å². The molecular formula is C20H24FN3S. The van der Waals surface area contributed by atoms with E-state index in [-0.39, 0.29) is 5.82 Å². The Morgan fingerprint density at radius 1 is 0.920 bits per heavy atom. The van der Waals surface area contributed by atoms with E-state index in [1.165, 1.54) is 28.8 Å². The molecule has 1 N–H and O–H groups in total. The van der Waals surface area contributed by atoms with E-state index in [2.05, 4.69) is 48.0 Å². The van der Waals surface area contributed by atoms with E-state index < -0.39 is 0 Å². The van der Waals surface area contributed by atoms with Crippen molar-refractivity contribution in [1.82, 2.24) is 4.90 Å². The molecule has 5 heteroatoms. The van der Waals surface area contributed by atoms with Crippen LogP contribution in [0.2, 0.25) is 0 Å². The van der Waals surface area contributed by atoms with Gasteiger partial charge < -0.3 is 15.1 Å². The van der Waals surface area contributed by atoms with Gasteiger partial charge in [0.2, 0.25) is 0 Å². The molecule has 3 nitrogen and oxygen atoms in total. The highest BCUT2D eigenvalue weighted by atomic mass is 32.1. The zero-order chi connectivity index (χ0) is 18.0. The molecule has 1 aliphatic rings. The molecule has 0 spiro atoms. The molecule has 0 saturated carbocycles. The van der Waals surface area contributed by atoms with Gasteiger partial charge in [0.05, 0.1) is 0 Å². The molecule has 1 fully saturated rings. The first-order valence-electron chi connectivity index (χ1n) is 8.58. The van der Waals surface area contributed by atoms with E-state index in [0.717, 1.165) is 42.7 Å². The van der Waals surface area contributed by atoms with Crippen molar-refractivity contribution in [3.05, 3.63) is 58.9 Å². The van der Waals surface area contributed by atoms with Gasteiger partial charge in [-0.3, -0.25) is 0 Å². The SMILES string of the molecule is Cc1cc(C)c(NC(=S)N2CCN(c3ccc(F)cc3)CC2)cc1C. The van der Waals surface area contributed by atoms with Crippen molar-refractivity contribution < 1.29 is 4.39 Å². The molecule has 0 atom stereocenters. The maximum atomic E-state index is 13.1. The summed E-state index contributed by atoms with van der Waals surface area (Å²) < 4.78 is 13.1. The average Bonchev–Trinajstić information content (AvgIpc) is 2.60. The Kier molecular flexibility index (Phi) is 5.23. The normalized spacial score (nSPS) is 14.6. The van der Waals surface area contributed by atoms with Gasteiger partial charge in [0.25, 0.3) is 0 Å². The predicted molar refractivity (Wildman–Crippen MR) is 107 cm³/mol. The van der Waals surface area contributed by atoms with Gasteiger partial charge in [-0.1, -0.05) is 6.07 Å². The van der Waals surface area contributed by atoms with E-state index in [0.29, 0.717) is 0 Å². The van der Waals surface area contributed by atoms with Crippen molar-refractivity contribution in [3.8, 4) is 0 Å². The Balaban J connectivity index is 1.60. The molecule has 1 heterocycles. The third-order valence-corrected chi connectivity index (χ3v) is 5.20. The van der Waals surface area contributed by atoms with Crippen molar-refractivity contribution in [1.29, 1.82) is 0 Å². The summed E-state index contributed by atoms with van der Waals surface area (Å²) in [7, 11) is 0. The van der Waals surface area contributed by atoms with Gasteiger partial charge >= 0.3 is 0 Å². The lowest BCUT2D eigenvalue weighted by molar-refractivity contribution is 0.391. The molecule has 3 rings (SSSR count). The number of aryl methyl sites for hydroxylation is 3. The van der Waals surface area contributed by atoms with E-state index >= 15 is 0 Å². The Hall–Kier alpha value is -2.14. The molecule has 0 aliphatic carbocycles. The largest absolute Gasteiger partial charge is 0.368 e. The number of benzene rings is 2. The number of halogens is 1. The predicted octanol–water partition coefficient (Wildman–Crippen LogP) is 4.27. The lowest BCUT2D eigenvalue weighted by Gasteiger charge is -2.37. The van der Waals surface area contributed by atoms with Crippen LogP contribution in [0.25, 0.3) is 0 Å². The second-order valence-corrected chi connectivity index (χ2v) is 7.02. The number of rotatable bonds is 2. The summed E-state index contributed by atoms with van der Waals surface area (Å²) in [6, 6.07) is 11.0.